The third-order valence-corrected chi connectivity index (χ3v) is 4.57. The zero-order valence-electron chi connectivity index (χ0n) is 14.7. The van der Waals surface area contributed by atoms with Gasteiger partial charge in [-0.05, 0) is 47.2 Å². The molecule has 0 aliphatic heterocycles. The molecule has 0 aliphatic rings. The van der Waals surface area contributed by atoms with E-state index in [4.69, 9.17) is 28.5 Å². The molecule has 4 aromatic rings. The number of nitriles is 1. The molecule has 142 valence electrons. The van der Waals surface area contributed by atoms with E-state index in [1.165, 1.54) is 11.1 Å². The number of hydrogen-bond donors (Lipinski definition) is 1. The SMILES string of the molecule is N#Cc1ccc(Nc2nc(Cc3c(Cl)cccc3Cl)nc(-n3ncnn3)n2)cc1. The summed E-state index contributed by atoms with van der Waals surface area (Å²) in [6, 6.07) is 14.2. The Bertz CT molecular complexity index is 1160. The zero-order valence-corrected chi connectivity index (χ0v) is 16.2. The standard InChI is InChI=1S/C18H11Cl2N9/c19-14-2-1-3-15(20)13(14)8-16-25-17(24-12-6-4-11(9-21)5-7-12)27-18(26-16)29-23-10-22-28-29/h1-7,10H,8H2,(H,24,25,26,27). The molecular weight excluding hydrogens is 413 g/mol. The predicted molar refractivity (Wildman–Crippen MR) is 106 cm³/mol. The Hall–Kier alpha value is -3.61. The van der Waals surface area contributed by atoms with Gasteiger partial charge in [0.2, 0.25) is 5.95 Å². The highest BCUT2D eigenvalue weighted by molar-refractivity contribution is 6.36. The van der Waals surface area contributed by atoms with Crippen LogP contribution in [0.3, 0.4) is 0 Å². The fourth-order valence-electron chi connectivity index (χ4n) is 2.51. The second-order valence-corrected chi connectivity index (χ2v) is 6.61. The molecular formula is C18H11Cl2N9. The lowest BCUT2D eigenvalue weighted by molar-refractivity contribution is 0.667. The van der Waals surface area contributed by atoms with Crippen LogP contribution < -0.4 is 5.32 Å². The molecule has 4 rings (SSSR count). The average Bonchev–Trinajstić information content (AvgIpc) is 3.26. The maximum absolute atomic E-state index is 8.93. The van der Waals surface area contributed by atoms with Crippen LogP contribution in [-0.4, -0.2) is 35.2 Å². The van der Waals surface area contributed by atoms with Crippen LogP contribution in [0.15, 0.2) is 48.8 Å². The molecule has 0 spiro atoms. The van der Waals surface area contributed by atoms with E-state index in [9.17, 15) is 0 Å². The highest BCUT2D eigenvalue weighted by Crippen LogP contribution is 2.26. The number of nitrogens with zero attached hydrogens (tertiary/aromatic N) is 8. The fraction of sp³-hybridized carbons (Fsp3) is 0.0556. The molecule has 0 aliphatic carbocycles. The molecule has 9 nitrogen and oxygen atoms in total. The van der Waals surface area contributed by atoms with Crippen molar-refractivity contribution in [1.82, 2.24) is 35.2 Å². The smallest absolute Gasteiger partial charge is 0.275 e. The van der Waals surface area contributed by atoms with Gasteiger partial charge in [-0.1, -0.05) is 34.1 Å². The Morgan fingerprint density at radius 2 is 1.76 bits per heavy atom. The van der Waals surface area contributed by atoms with E-state index in [2.05, 4.69) is 41.7 Å². The van der Waals surface area contributed by atoms with Crippen molar-refractivity contribution in [2.24, 2.45) is 0 Å². The second-order valence-electron chi connectivity index (χ2n) is 5.79. The topological polar surface area (TPSA) is 118 Å². The number of hydrogen-bond acceptors (Lipinski definition) is 8. The van der Waals surface area contributed by atoms with Crippen LogP contribution >= 0.6 is 23.2 Å². The Labute approximate surface area is 175 Å². The van der Waals surface area contributed by atoms with Crippen LogP contribution in [0.25, 0.3) is 5.95 Å². The Balaban J connectivity index is 1.72. The van der Waals surface area contributed by atoms with E-state index < -0.39 is 0 Å². The molecule has 0 saturated carbocycles. The number of tetrazole rings is 1. The Morgan fingerprint density at radius 1 is 1.00 bits per heavy atom. The second kappa shape index (κ2) is 8.18. The third-order valence-electron chi connectivity index (χ3n) is 3.86. The maximum Gasteiger partial charge on any atom is 0.275 e. The lowest BCUT2D eigenvalue weighted by atomic mass is 10.1. The van der Waals surface area contributed by atoms with Gasteiger partial charge in [0.1, 0.15) is 5.82 Å². The lowest BCUT2D eigenvalue weighted by Crippen LogP contribution is -2.12. The zero-order chi connectivity index (χ0) is 20.2. The van der Waals surface area contributed by atoms with Gasteiger partial charge in [-0.25, -0.2) is 0 Å². The summed E-state index contributed by atoms with van der Waals surface area (Å²) in [6.07, 6.45) is 1.56. The van der Waals surface area contributed by atoms with Crippen LogP contribution in [-0.2, 0) is 6.42 Å². The first-order valence-electron chi connectivity index (χ1n) is 8.31. The highest BCUT2D eigenvalue weighted by atomic mass is 35.5. The summed E-state index contributed by atoms with van der Waals surface area (Å²) in [6.45, 7) is 0. The van der Waals surface area contributed by atoms with Crippen LogP contribution in [0.2, 0.25) is 10.0 Å². The van der Waals surface area contributed by atoms with Crippen LogP contribution in [0, 0.1) is 11.3 Å². The molecule has 2 aromatic heterocycles. The van der Waals surface area contributed by atoms with Gasteiger partial charge in [0.25, 0.3) is 5.95 Å². The lowest BCUT2D eigenvalue weighted by Gasteiger charge is -2.10. The molecule has 2 heterocycles. The van der Waals surface area contributed by atoms with Crippen molar-refractivity contribution in [1.29, 1.82) is 5.26 Å². The monoisotopic (exact) mass is 423 g/mol. The van der Waals surface area contributed by atoms with E-state index in [1.54, 1.807) is 42.5 Å². The minimum absolute atomic E-state index is 0.187. The van der Waals surface area contributed by atoms with E-state index >= 15 is 0 Å². The number of nitrogens with one attached hydrogen (secondary N) is 1. The van der Waals surface area contributed by atoms with Crippen molar-refractivity contribution in [3.63, 3.8) is 0 Å². The molecule has 29 heavy (non-hydrogen) atoms. The van der Waals surface area contributed by atoms with Crippen molar-refractivity contribution in [2.45, 2.75) is 6.42 Å². The molecule has 0 fully saturated rings. The number of anilines is 2. The number of aromatic nitrogens is 7. The summed E-state index contributed by atoms with van der Waals surface area (Å²) in [4.78, 5) is 14.4. The van der Waals surface area contributed by atoms with Crippen molar-refractivity contribution < 1.29 is 0 Å². The highest BCUT2D eigenvalue weighted by Gasteiger charge is 2.14. The number of rotatable bonds is 5. The van der Waals surface area contributed by atoms with Gasteiger partial charge in [-0.15, -0.1) is 10.2 Å². The van der Waals surface area contributed by atoms with E-state index in [0.29, 0.717) is 32.7 Å². The first kappa shape index (κ1) is 18.7. The van der Waals surface area contributed by atoms with Crippen molar-refractivity contribution in [3.8, 4) is 12.0 Å². The van der Waals surface area contributed by atoms with Gasteiger partial charge in [-0.3, -0.25) is 0 Å². The summed E-state index contributed by atoms with van der Waals surface area (Å²) in [7, 11) is 0. The van der Waals surface area contributed by atoms with E-state index in [1.807, 2.05) is 0 Å². The van der Waals surface area contributed by atoms with Crippen LogP contribution in [0.5, 0.6) is 0 Å². The number of benzene rings is 2. The van der Waals surface area contributed by atoms with Gasteiger partial charge >= 0.3 is 0 Å². The molecule has 0 amide bonds. The summed E-state index contributed by atoms with van der Waals surface area (Å²) in [5.74, 6) is 0.875. The molecule has 0 atom stereocenters. The predicted octanol–water partition coefficient (Wildman–Crippen LogP) is 3.36. The molecule has 0 unspecified atom stereocenters. The van der Waals surface area contributed by atoms with E-state index in [-0.39, 0.29) is 18.3 Å². The normalized spacial score (nSPS) is 10.5. The van der Waals surface area contributed by atoms with Gasteiger partial charge in [0.05, 0.1) is 11.6 Å². The van der Waals surface area contributed by atoms with Crippen molar-refractivity contribution >= 4 is 34.8 Å². The molecule has 11 heteroatoms. The van der Waals surface area contributed by atoms with Crippen LogP contribution in [0.4, 0.5) is 11.6 Å². The third kappa shape index (κ3) is 4.29. The van der Waals surface area contributed by atoms with Crippen molar-refractivity contribution in [2.75, 3.05) is 5.32 Å². The quantitative estimate of drug-likeness (QED) is 0.518. The fourth-order valence-corrected chi connectivity index (χ4v) is 3.04. The first-order chi connectivity index (χ1) is 14.1. The van der Waals surface area contributed by atoms with E-state index in [0.717, 1.165) is 0 Å². The van der Waals surface area contributed by atoms with Crippen molar-refractivity contribution in [3.05, 3.63) is 75.8 Å². The number of halogens is 2. The molecule has 1 N–H and O–H groups in total. The summed E-state index contributed by atoms with van der Waals surface area (Å²) in [5, 5.41) is 24.5. The average molecular weight is 424 g/mol. The molecule has 0 saturated heterocycles. The Morgan fingerprint density at radius 3 is 2.41 bits per heavy atom. The maximum atomic E-state index is 8.93. The summed E-state index contributed by atoms with van der Waals surface area (Å²) < 4.78 is 0. The van der Waals surface area contributed by atoms with Gasteiger partial charge < -0.3 is 5.32 Å². The molecule has 0 radical (unpaired) electrons. The van der Waals surface area contributed by atoms with Gasteiger partial charge in [0.15, 0.2) is 6.33 Å². The largest absolute Gasteiger partial charge is 0.324 e. The summed E-state index contributed by atoms with van der Waals surface area (Å²) in [5.41, 5.74) is 1.95. The minimum Gasteiger partial charge on any atom is -0.324 e. The van der Waals surface area contributed by atoms with Crippen LogP contribution in [0.1, 0.15) is 17.0 Å². The Kier molecular flexibility index (Phi) is 5.29. The first-order valence-corrected chi connectivity index (χ1v) is 9.06. The molecule has 2 aromatic carbocycles. The minimum atomic E-state index is 0.187. The van der Waals surface area contributed by atoms with Gasteiger partial charge in [0, 0.05) is 22.2 Å². The van der Waals surface area contributed by atoms with Gasteiger partial charge in [-0.2, -0.15) is 20.2 Å². The molecule has 0 bridgehead atoms. The summed E-state index contributed by atoms with van der Waals surface area (Å²) >= 11 is 12.6.